The minimum absolute atomic E-state index is 0.00635. The molecule has 5 nitrogen and oxygen atoms in total. The minimum atomic E-state index is -3.43. The molecule has 0 aliphatic carbocycles. The van der Waals surface area contributed by atoms with Crippen molar-refractivity contribution < 1.29 is 13.2 Å². The lowest BCUT2D eigenvalue weighted by Crippen LogP contribution is -2.37. The van der Waals surface area contributed by atoms with Gasteiger partial charge in [0.2, 0.25) is 20.1 Å². The number of rotatable bonds is 3. The molecule has 0 radical (unpaired) electrons. The van der Waals surface area contributed by atoms with E-state index in [-0.39, 0.29) is 21.9 Å². The van der Waals surface area contributed by atoms with E-state index in [1.54, 1.807) is 11.9 Å². The van der Waals surface area contributed by atoms with E-state index in [1.165, 1.54) is 11.3 Å². The second-order valence-corrected chi connectivity index (χ2v) is 8.64. The number of fused-ring (bicyclic) bond motifs is 1. The van der Waals surface area contributed by atoms with Gasteiger partial charge in [-0.05, 0) is 24.5 Å². The van der Waals surface area contributed by atoms with Gasteiger partial charge in [-0.15, -0.1) is 11.3 Å². The molecule has 2 aromatic rings. The van der Waals surface area contributed by atoms with Crippen LogP contribution in [0.2, 0.25) is 0 Å². The van der Waals surface area contributed by atoms with Crippen molar-refractivity contribution in [3.8, 4) is 0 Å². The van der Waals surface area contributed by atoms with Gasteiger partial charge in [0.05, 0.1) is 16.0 Å². The topological polar surface area (TPSA) is 67.3 Å². The number of carbonyl (C=O) groups excluding carboxylic acids is 1. The Balaban J connectivity index is 1.82. The van der Waals surface area contributed by atoms with Gasteiger partial charge in [0.1, 0.15) is 0 Å². The molecule has 0 saturated carbocycles. The fourth-order valence-corrected chi connectivity index (χ4v) is 5.48. The molecule has 1 aromatic heterocycles. The summed E-state index contributed by atoms with van der Waals surface area (Å²) in [5.41, 5.74) is 0.709. The molecule has 112 valence electrons. The number of amides is 1. The van der Waals surface area contributed by atoms with Crippen molar-refractivity contribution in [2.45, 2.75) is 17.2 Å². The molecule has 1 unspecified atom stereocenters. The molecule has 7 heteroatoms. The Kier molecular flexibility index (Phi) is 3.71. The largest absolute Gasteiger partial charge is 0.346 e. The van der Waals surface area contributed by atoms with Crippen LogP contribution < -0.4 is 0 Å². The Bertz CT molecular complexity index is 749. The first kappa shape index (κ1) is 14.5. The molecule has 0 spiro atoms. The van der Waals surface area contributed by atoms with Gasteiger partial charge in [-0.3, -0.25) is 4.79 Å². The number of thiazole rings is 1. The maximum Gasteiger partial charge on any atom is 0.222 e. The van der Waals surface area contributed by atoms with Gasteiger partial charge in [0.25, 0.3) is 0 Å². The monoisotopic (exact) mass is 324 g/mol. The molecule has 0 bridgehead atoms. The van der Waals surface area contributed by atoms with Crippen LogP contribution in [0.3, 0.4) is 0 Å². The molecule has 1 amide bonds. The van der Waals surface area contributed by atoms with Crippen molar-refractivity contribution in [1.82, 2.24) is 9.88 Å². The Morgan fingerprint density at radius 3 is 2.86 bits per heavy atom. The van der Waals surface area contributed by atoms with E-state index < -0.39 is 9.84 Å². The summed E-state index contributed by atoms with van der Waals surface area (Å²) >= 11 is 1.20. The molecule has 3 rings (SSSR count). The second-order valence-electron chi connectivity index (χ2n) is 5.40. The number of nitrogens with zero attached hydrogens (tertiary/aromatic N) is 2. The zero-order chi connectivity index (χ0) is 15.0. The predicted octanol–water partition coefficient (Wildman–Crippen LogP) is 1.94. The molecule has 1 fully saturated rings. The third kappa shape index (κ3) is 2.94. The van der Waals surface area contributed by atoms with E-state index in [1.807, 2.05) is 24.3 Å². The number of sulfone groups is 1. The van der Waals surface area contributed by atoms with E-state index >= 15 is 0 Å². The van der Waals surface area contributed by atoms with Crippen molar-refractivity contribution in [1.29, 1.82) is 0 Å². The summed E-state index contributed by atoms with van der Waals surface area (Å²) in [6.07, 6.45) is 1.03. The SMILES string of the molecule is CN1CCC(CS(=O)(=O)c2nc3ccccc3s2)CC1=O. The first-order valence-corrected chi connectivity index (χ1v) is 9.25. The quantitative estimate of drug-likeness (QED) is 0.865. The van der Waals surface area contributed by atoms with Gasteiger partial charge < -0.3 is 4.90 Å². The number of hydrogen-bond donors (Lipinski definition) is 0. The molecule has 0 N–H and O–H groups in total. The highest BCUT2D eigenvalue weighted by atomic mass is 32.2. The van der Waals surface area contributed by atoms with Crippen molar-refractivity contribution in [3.63, 3.8) is 0 Å². The number of carbonyl (C=O) groups is 1. The lowest BCUT2D eigenvalue weighted by Gasteiger charge is -2.28. The third-order valence-electron chi connectivity index (χ3n) is 3.76. The van der Waals surface area contributed by atoms with Gasteiger partial charge in [-0.25, -0.2) is 13.4 Å². The molecule has 1 aliphatic rings. The predicted molar refractivity (Wildman–Crippen MR) is 82.0 cm³/mol. The van der Waals surface area contributed by atoms with Gasteiger partial charge >= 0.3 is 0 Å². The highest BCUT2D eigenvalue weighted by molar-refractivity contribution is 7.93. The highest BCUT2D eigenvalue weighted by Gasteiger charge is 2.30. The number of hydrogen-bond acceptors (Lipinski definition) is 5. The lowest BCUT2D eigenvalue weighted by molar-refractivity contribution is -0.133. The zero-order valence-electron chi connectivity index (χ0n) is 11.7. The standard InChI is InChI=1S/C14H16N2O3S2/c1-16-7-6-10(8-13(16)17)9-21(18,19)14-15-11-4-2-3-5-12(11)20-14/h2-5,10H,6-9H2,1H3. The highest BCUT2D eigenvalue weighted by Crippen LogP contribution is 2.28. The summed E-state index contributed by atoms with van der Waals surface area (Å²) in [6.45, 7) is 0.624. The summed E-state index contributed by atoms with van der Waals surface area (Å²) in [6, 6.07) is 7.38. The smallest absolute Gasteiger partial charge is 0.222 e. The van der Waals surface area contributed by atoms with Crippen molar-refractivity contribution >= 4 is 37.3 Å². The van der Waals surface area contributed by atoms with Gasteiger partial charge in [-0.2, -0.15) is 0 Å². The van der Waals surface area contributed by atoms with Crippen molar-refractivity contribution in [2.24, 2.45) is 5.92 Å². The maximum atomic E-state index is 12.5. The lowest BCUT2D eigenvalue weighted by atomic mass is 9.99. The van der Waals surface area contributed by atoms with E-state index in [0.717, 1.165) is 11.1 Å². The first-order chi connectivity index (χ1) is 9.95. The maximum absolute atomic E-state index is 12.5. The van der Waals surface area contributed by atoms with E-state index in [9.17, 15) is 13.2 Å². The summed E-state index contributed by atoms with van der Waals surface area (Å²) in [5, 5.41) is 0. The van der Waals surface area contributed by atoms with Crippen LogP contribution in [0.1, 0.15) is 12.8 Å². The summed E-state index contributed by atoms with van der Waals surface area (Å²) in [5.74, 6) is -0.0803. The molecular weight excluding hydrogens is 308 g/mol. The number of benzene rings is 1. The summed E-state index contributed by atoms with van der Waals surface area (Å²) in [4.78, 5) is 17.6. The van der Waals surface area contributed by atoms with Crippen LogP contribution in [-0.2, 0) is 14.6 Å². The molecule has 1 aliphatic heterocycles. The first-order valence-electron chi connectivity index (χ1n) is 6.78. The molecule has 1 atom stereocenters. The van der Waals surface area contributed by atoms with Crippen molar-refractivity contribution in [2.75, 3.05) is 19.3 Å². The van der Waals surface area contributed by atoms with Crippen LogP contribution in [0.5, 0.6) is 0 Å². The second kappa shape index (κ2) is 5.38. The Morgan fingerprint density at radius 2 is 2.14 bits per heavy atom. The normalized spacial score (nSPS) is 20.1. The Morgan fingerprint density at radius 1 is 1.38 bits per heavy atom. The van der Waals surface area contributed by atoms with Crippen LogP contribution in [-0.4, -0.2) is 43.6 Å². The van der Waals surface area contributed by atoms with Gasteiger partial charge in [0, 0.05) is 20.0 Å². The number of aromatic nitrogens is 1. The van der Waals surface area contributed by atoms with E-state index in [4.69, 9.17) is 0 Å². The van der Waals surface area contributed by atoms with Crippen LogP contribution in [0.15, 0.2) is 28.6 Å². The van der Waals surface area contributed by atoms with Gasteiger partial charge in [-0.1, -0.05) is 12.1 Å². The third-order valence-corrected chi connectivity index (χ3v) is 7.13. The molecular formula is C14H16N2O3S2. The number of para-hydroxylation sites is 1. The van der Waals surface area contributed by atoms with Crippen LogP contribution in [0.25, 0.3) is 10.2 Å². The zero-order valence-corrected chi connectivity index (χ0v) is 13.3. The average Bonchev–Trinajstić information content (AvgIpc) is 2.87. The van der Waals surface area contributed by atoms with E-state index in [0.29, 0.717) is 18.5 Å². The molecule has 2 heterocycles. The summed E-state index contributed by atoms with van der Waals surface area (Å²) in [7, 11) is -1.68. The average molecular weight is 324 g/mol. The Labute approximate surface area is 127 Å². The molecule has 1 saturated heterocycles. The van der Waals surface area contributed by atoms with Gasteiger partial charge in [0.15, 0.2) is 0 Å². The number of piperidine rings is 1. The van der Waals surface area contributed by atoms with Crippen molar-refractivity contribution in [3.05, 3.63) is 24.3 Å². The van der Waals surface area contributed by atoms with Crippen LogP contribution in [0.4, 0.5) is 0 Å². The number of likely N-dealkylation sites (tertiary alicyclic amines) is 1. The Hall–Kier alpha value is -1.47. The van der Waals surface area contributed by atoms with Crippen LogP contribution >= 0.6 is 11.3 Å². The fourth-order valence-electron chi connectivity index (χ4n) is 2.51. The fraction of sp³-hybridized carbons (Fsp3) is 0.429. The molecule has 21 heavy (non-hydrogen) atoms. The van der Waals surface area contributed by atoms with Crippen LogP contribution in [0, 0.1) is 5.92 Å². The summed E-state index contributed by atoms with van der Waals surface area (Å²) < 4.78 is 26.0. The molecule has 1 aromatic carbocycles. The minimum Gasteiger partial charge on any atom is -0.346 e. The van der Waals surface area contributed by atoms with E-state index in [2.05, 4.69) is 4.98 Å².